The lowest BCUT2D eigenvalue weighted by molar-refractivity contribution is 0.0698. The van der Waals surface area contributed by atoms with Gasteiger partial charge >= 0.3 is 0 Å². The van der Waals surface area contributed by atoms with Gasteiger partial charge in [0.05, 0.1) is 11.5 Å². The minimum Gasteiger partial charge on any atom is -0.395 e. The average Bonchev–Trinajstić information content (AvgIpc) is 2.89. The van der Waals surface area contributed by atoms with Gasteiger partial charge in [0.2, 0.25) is 0 Å². The number of nitrogens with zero attached hydrogens (tertiary/aromatic N) is 1. The molecule has 2 rings (SSSR count). The normalized spacial score (nSPS) is 20.5. The largest absolute Gasteiger partial charge is 0.395 e. The number of carbonyl (C=O) groups excluding carboxylic acids is 1. The number of hydrogen-bond acceptors (Lipinski definition) is 4. The van der Waals surface area contributed by atoms with Crippen LogP contribution in [0.3, 0.4) is 0 Å². The van der Waals surface area contributed by atoms with E-state index >= 15 is 0 Å². The van der Waals surface area contributed by atoms with Crippen molar-refractivity contribution < 1.29 is 9.90 Å². The zero-order valence-electron chi connectivity index (χ0n) is 9.76. The first-order valence-corrected chi connectivity index (χ1v) is 6.86. The maximum Gasteiger partial charge on any atom is 0.263 e. The summed E-state index contributed by atoms with van der Waals surface area (Å²) in [5.74, 6) is 0.135. The smallest absolute Gasteiger partial charge is 0.263 e. The highest BCUT2D eigenvalue weighted by molar-refractivity contribution is 7.12. The molecule has 0 saturated carbocycles. The fourth-order valence-corrected chi connectivity index (χ4v) is 2.84. The molecule has 2 N–H and O–H groups in total. The molecule has 1 aromatic rings. The lowest BCUT2D eigenvalue weighted by atomic mass is 10.1. The fraction of sp³-hybridized carbons (Fsp3) is 0.583. The molecule has 0 bridgehead atoms. The summed E-state index contributed by atoms with van der Waals surface area (Å²) < 4.78 is 0. The Morgan fingerprint density at radius 1 is 1.65 bits per heavy atom. The van der Waals surface area contributed by atoms with Crippen LogP contribution in [0.2, 0.25) is 0 Å². The molecule has 1 aromatic heterocycles. The summed E-state index contributed by atoms with van der Waals surface area (Å²) >= 11 is 1.49. The van der Waals surface area contributed by atoms with E-state index in [2.05, 4.69) is 5.32 Å². The number of thiophene rings is 1. The van der Waals surface area contributed by atoms with Crippen LogP contribution in [0, 0.1) is 0 Å². The lowest BCUT2D eigenvalue weighted by Gasteiger charge is -2.33. The Hall–Kier alpha value is -0.910. The number of hydrogen-bond donors (Lipinski definition) is 2. The number of carbonyl (C=O) groups is 1. The zero-order valence-corrected chi connectivity index (χ0v) is 10.6. The first kappa shape index (κ1) is 12.5. The quantitative estimate of drug-likeness (QED) is 0.840. The molecule has 0 spiro atoms. The molecule has 0 aliphatic carbocycles. The van der Waals surface area contributed by atoms with Crippen LogP contribution >= 0.6 is 11.3 Å². The van der Waals surface area contributed by atoms with Gasteiger partial charge in [0.1, 0.15) is 0 Å². The van der Waals surface area contributed by atoms with Crippen molar-refractivity contribution >= 4 is 17.2 Å². The van der Waals surface area contributed by atoms with Gasteiger partial charge in [-0.2, -0.15) is 0 Å². The molecule has 0 radical (unpaired) electrons. The summed E-state index contributed by atoms with van der Waals surface area (Å²) in [4.78, 5) is 14.9. The molecule has 1 fully saturated rings. The molecule has 1 saturated heterocycles. The monoisotopic (exact) mass is 254 g/mol. The number of piperidine rings is 1. The van der Waals surface area contributed by atoms with Crippen LogP contribution < -0.4 is 5.32 Å². The van der Waals surface area contributed by atoms with Crippen molar-refractivity contribution in [2.45, 2.75) is 18.9 Å². The van der Waals surface area contributed by atoms with Crippen molar-refractivity contribution in [1.82, 2.24) is 10.2 Å². The average molecular weight is 254 g/mol. The van der Waals surface area contributed by atoms with Crippen LogP contribution in [-0.4, -0.2) is 48.2 Å². The van der Waals surface area contributed by atoms with E-state index in [0.29, 0.717) is 12.6 Å². The van der Waals surface area contributed by atoms with Gasteiger partial charge in [-0.1, -0.05) is 6.07 Å². The van der Waals surface area contributed by atoms with Gasteiger partial charge in [0.25, 0.3) is 5.91 Å². The van der Waals surface area contributed by atoms with Gasteiger partial charge < -0.3 is 15.3 Å². The Morgan fingerprint density at radius 2 is 2.53 bits per heavy atom. The van der Waals surface area contributed by atoms with Crippen LogP contribution in [0.1, 0.15) is 22.5 Å². The predicted octanol–water partition coefficient (Wildman–Crippen LogP) is 0.935. The van der Waals surface area contributed by atoms with Crippen molar-refractivity contribution in [3.05, 3.63) is 22.4 Å². The molecule has 17 heavy (non-hydrogen) atoms. The van der Waals surface area contributed by atoms with Gasteiger partial charge in [0.15, 0.2) is 0 Å². The summed E-state index contributed by atoms with van der Waals surface area (Å²) in [5.41, 5.74) is 0. The maximum atomic E-state index is 12.1. The molecular weight excluding hydrogens is 236 g/mol. The van der Waals surface area contributed by atoms with Gasteiger partial charge in [-0.25, -0.2) is 0 Å². The summed E-state index contributed by atoms with van der Waals surface area (Å²) in [6.45, 7) is 2.34. The Bertz CT molecular complexity index is 353. The van der Waals surface area contributed by atoms with E-state index in [-0.39, 0.29) is 12.5 Å². The molecule has 94 valence electrons. The standard InChI is InChI=1S/C12H18N2O2S/c15-7-5-13-10-3-1-6-14(9-10)12(16)11-4-2-8-17-11/h2,4,8,10,13,15H,1,3,5-7,9H2. The van der Waals surface area contributed by atoms with Gasteiger partial charge in [-0.3, -0.25) is 4.79 Å². The topological polar surface area (TPSA) is 52.6 Å². The minimum atomic E-state index is 0.135. The van der Waals surface area contributed by atoms with E-state index in [1.807, 2.05) is 22.4 Å². The van der Waals surface area contributed by atoms with Crippen LogP contribution in [0.25, 0.3) is 0 Å². The van der Waals surface area contributed by atoms with Gasteiger partial charge in [-0.05, 0) is 24.3 Å². The highest BCUT2D eigenvalue weighted by Crippen LogP contribution is 2.16. The SMILES string of the molecule is O=C(c1cccs1)N1CCCC(NCCO)C1. The Morgan fingerprint density at radius 3 is 3.24 bits per heavy atom. The lowest BCUT2D eigenvalue weighted by Crippen LogP contribution is -2.48. The third-order valence-corrected chi connectivity index (χ3v) is 3.84. The third-order valence-electron chi connectivity index (χ3n) is 2.99. The van der Waals surface area contributed by atoms with Crippen LogP contribution in [-0.2, 0) is 0 Å². The predicted molar refractivity (Wildman–Crippen MR) is 68.3 cm³/mol. The number of amides is 1. The van der Waals surface area contributed by atoms with E-state index in [1.165, 1.54) is 11.3 Å². The molecule has 1 amide bonds. The van der Waals surface area contributed by atoms with Crippen LogP contribution in [0.15, 0.2) is 17.5 Å². The van der Waals surface area contributed by atoms with E-state index in [1.54, 1.807) is 0 Å². The second-order valence-electron chi connectivity index (χ2n) is 4.25. The summed E-state index contributed by atoms with van der Waals surface area (Å²) in [6, 6.07) is 4.10. The maximum absolute atomic E-state index is 12.1. The highest BCUT2D eigenvalue weighted by atomic mass is 32.1. The Kier molecular flexibility index (Phi) is 4.53. The van der Waals surface area contributed by atoms with Crippen molar-refractivity contribution in [1.29, 1.82) is 0 Å². The molecule has 1 aliphatic heterocycles. The number of rotatable bonds is 4. The van der Waals surface area contributed by atoms with Crippen molar-refractivity contribution in [3.63, 3.8) is 0 Å². The first-order valence-electron chi connectivity index (χ1n) is 5.98. The highest BCUT2D eigenvalue weighted by Gasteiger charge is 2.24. The van der Waals surface area contributed by atoms with E-state index < -0.39 is 0 Å². The number of aliphatic hydroxyl groups is 1. The summed E-state index contributed by atoms with van der Waals surface area (Å²) in [6.07, 6.45) is 2.11. The number of aliphatic hydroxyl groups excluding tert-OH is 1. The molecule has 4 nitrogen and oxygen atoms in total. The van der Waals surface area contributed by atoms with E-state index in [0.717, 1.165) is 30.8 Å². The second kappa shape index (κ2) is 6.14. The molecular formula is C12H18N2O2S. The second-order valence-corrected chi connectivity index (χ2v) is 5.19. The van der Waals surface area contributed by atoms with Crippen LogP contribution in [0.5, 0.6) is 0 Å². The molecule has 0 aromatic carbocycles. The molecule has 1 atom stereocenters. The van der Waals surface area contributed by atoms with Crippen LogP contribution in [0.4, 0.5) is 0 Å². The van der Waals surface area contributed by atoms with Gasteiger partial charge in [0, 0.05) is 25.7 Å². The summed E-state index contributed by atoms with van der Waals surface area (Å²) in [5, 5.41) is 14.0. The summed E-state index contributed by atoms with van der Waals surface area (Å²) in [7, 11) is 0. The van der Waals surface area contributed by atoms with Crippen molar-refractivity contribution in [2.75, 3.05) is 26.2 Å². The fourth-order valence-electron chi connectivity index (χ4n) is 2.15. The molecule has 2 heterocycles. The van der Waals surface area contributed by atoms with Crippen molar-refractivity contribution in [2.24, 2.45) is 0 Å². The Labute approximate surface area is 105 Å². The van der Waals surface area contributed by atoms with E-state index in [4.69, 9.17) is 5.11 Å². The van der Waals surface area contributed by atoms with Crippen molar-refractivity contribution in [3.8, 4) is 0 Å². The zero-order chi connectivity index (χ0) is 12.1. The molecule has 5 heteroatoms. The minimum absolute atomic E-state index is 0.135. The third kappa shape index (κ3) is 3.28. The van der Waals surface area contributed by atoms with Gasteiger partial charge in [-0.15, -0.1) is 11.3 Å². The molecule has 1 aliphatic rings. The number of likely N-dealkylation sites (tertiary alicyclic amines) is 1. The van der Waals surface area contributed by atoms with E-state index in [9.17, 15) is 4.79 Å². The number of nitrogens with one attached hydrogen (secondary N) is 1. The Balaban J connectivity index is 1.90. The first-order chi connectivity index (χ1) is 8.31. The molecule has 1 unspecified atom stereocenters.